The van der Waals surface area contributed by atoms with E-state index in [0.29, 0.717) is 12.0 Å². The molecule has 96 valence electrons. The van der Waals surface area contributed by atoms with E-state index in [9.17, 15) is 4.79 Å². The Balaban J connectivity index is 1.97. The first-order valence-corrected chi connectivity index (χ1v) is 6.80. The highest BCUT2D eigenvalue weighted by atomic mass is 16.2. The van der Waals surface area contributed by atoms with Crippen molar-refractivity contribution in [3.8, 4) is 0 Å². The van der Waals surface area contributed by atoms with Crippen molar-refractivity contribution in [1.82, 2.24) is 10.2 Å². The summed E-state index contributed by atoms with van der Waals surface area (Å²) in [6.45, 7) is 9.16. The Hall–Kier alpha value is -0.830. The number of amides is 1. The second-order valence-corrected chi connectivity index (χ2v) is 5.74. The van der Waals surface area contributed by atoms with Crippen LogP contribution in [0.5, 0.6) is 0 Å². The van der Waals surface area contributed by atoms with Crippen LogP contribution in [0.1, 0.15) is 40.0 Å². The first-order chi connectivity index (χ1) is 8.09. The van der Waals surface area contributed by atoms with Crippen LogP contribution in [-0.2, 0) is 4.79 Å². The molecule has 17 heavy (non-hydrogen) atoms. The minimum Gasteiger partial charge on any atom is -0.336 e. The predicted molar refractivity (Wildman–Crippen MR) is 69.8 cm³/mol. The Morgan fingerprint density at radius 2 is 2.06 bits per heavy atom. The van der Waals surface area contributed by atoms with E-state index < -0.39 is 0 Å². The van der Waals surface area contributed by atoms with Gasteiger partial charge in [-0.1, -0.05) is 13.8 Å². The minimum absolute atomic E-state index is 0.282. The van der Waals surface area contributed by atoms with E-state index in [1.807, 2.05) is 6.92 Å². The molecule has 1 aliphatic heterocycles. The van der Waals surface area contributed by atoms with Crippen LogP contribution >= 0.6 is 0 Å². The van der Waals surface area contributed by atoms with Crippen LogP contribution < -0.4 is 5.32 Å². The SMILES string of the molecule is CC(C(=O)N(CCC(C)C)C1CC1)=C1CNC1. The van der Waals surface area contributed by atoms with Gasteiger partial charge in [0, 0.05) is 31.2 Å². The second-order valence-electron chi connectivity index (χ2n) is 5.74. The van der Waals surface area contributed by atoms with Gasteiger partial charge in [-0.2, -0.15) is 0 Å². The number of rotatable bonds is 5. The van der Waals surface area contributed by atoms with Crippen molar-refractivity contribution in [2.24, 2.45) is 5.92 Å². The summed E-state index contributed by atoms with van der Waals surface area (Å²) < 4.78 is 0. The van der Waals surface area contributed by atoms with E-state index >= 15 is 0 Å². The lowest BCUT2D eigenvalue weighted by atomic mass is 10.0. The lowest BCUT2D eigenvalue weighted by molar-refractivity contribution is -0.127. The Morgan fingerprint density at radius 3 is 2.47 bits per heavy atom. The van der Waals surface area contributed by atoms with Crippen molar-refractivity contribution in [2.45, 2.75) is 46.1 Å². The molecule has 1 heterocycles. The maximum Gasteiger partial charge on any atom is 0.249 e. The number of hydrogen-bond acceptors (Lipinski definition) is 2. The van der Waals surface area contributed by atoms with Gasteiger partial charge in [0.1, 0.15) is 0 Å². The molecule has 0 aromatic heterocycles. The largest absolute Gasteiger partial charge is 0.336 e. The molecule has 1 amide bonds. The van der Waals surface area contributed by atoms with Gasteiger partial charge in [-0.3, -0.25) is 4.79 Å². The van der Waals surface area contributed by atoms with Crippen molar-refractivity contribution in [1.29, 1.82) is 0 Å². The highest BCUT2D eigenvalue weighted by Crippen LogP contribution is 2.29. The number of nitrogens with one attached hydrogen (secondary N) is 1. The smallest absolute Gasteiger partial charge is 0.249 e. The van der Waals surface area contributed by atoms with Crippen molar-refractivity contribution < 1.29 is 4.79 Å². The maximum atomic E-state index is 12.4. The summed E-state index contributed by atoms with van der Waals surface area (Å²) in [6.07, 6.45) is 3.51. The van der Waals surface area contributed by atoms with Crippen molar-refractivity contribution in [3.05, 3.63) is 11.1 Å². The lowest BCUT2D eigenvalue weighted by Crippen LogP contribution is -2.40. The molecule has 0 unspecified atom stereocenters. The van der Waals surface area contributed by atoms with Gasteiger partial charge >= 0.3 is 0 Å². The molecule has 3 nitrogen and oxygen atoms in total. The zero-order valence-electron chi connectivity index (χ0n) is 11.3. The van der Waals surface area contributed by atoms with Crippen molar-refractivity contribution in [3.63, 3.8) is 0 Å². The predicted octanol–water partition coefficient (Wildman–Crippen LogP) is 1.94. The molecule has 0 atom stereocenters. The molecule has 0 spiro atoms. The normalized spacial score (nSPS) is 19.2. The van der Waals surface area contributed by atoms with Gasteiger partial charge in [0.15, 0.2) is 0 Å². The van der Waals surface area contributed by atoms with Crippen LogP contribution in [0.4, 0.5) is 0 Å². The second kappa shape index (κ2) is 5.21. The summed E-state index contributed by atoms with van der Waals surface area (Å²) >= 11 is 0. The van der Waals surface area contributed by atoms with E-state index in [-0.39, 0.29) is 5.91 Å². The van der Waals surface area contributed by atoms with Crippen LogP contribution in [0, 0.1) is 5.92 Å². The molecule has 2 aliphatic rings. The van der Waals surface area contributed by atoms with Gasteiger partial charge in [-0.05, 0) is 37.7 Å². The third kappa shape index (κ3) is 3.09. The standard InChI is InChI=1S/C14H24N2O/c1-10(2)6-7-16(13-4-5-13)14(17)11(3)12-8-15-9-12/h10,13,15H,4-9H2,1-3H3. The molecular formula is C14H24N2O. The average molecular weight is 236 g/mol. The summed E-state index contributed by atoms with van der Waals surface area (Å²) in [6, 6.07) is 0.532. The van der Waals surface area contributed by atoms with E-state index in [2.05, 4.69) is 24.1 Å². The molecule has 1 N–H and O–H groups in total. The van der Waals surface area contributed by atoms with Crippen molar-refractivity contribution in [2.75, 3.05) is 19.6 Å². The molecule has 1 saturated heterocycles. The van der Waals surface area contributed by atoms with Gasteiger partial charge in [0.2, 0.25) is 5.91 Å². The monoisotopic (exact) mass is 236 g/mol. The third-order valence-corrected chi connectivity index (χ3v) is 3.72. The van der Waals surface area contributed by atoms with E-state index in [0.717, 1.165) is 31.6 Å². The molecule has 0 radical (unpaired) electrons. The summed E-state index contributed by atoms with van der Waals surface area (Å²) in [5.74, 6) is 0.951. The highest BCUT2D eigenvalue weighted by Gasteiger charge is 2.33. The first-order valence-electron chi connectivity index (χ1n) is 6.80. The zero-order chi connectivity index (χ0) is 12.4. The van der Waals surface area contributed by atoms with Gasteiger partial charge in [0.05, 0.1) is 0 Å². The molecular weight excluding hydrogens is 212 g/mol. The van der Waals surface area contributed by atoms with Crippen LogP contribution in [-0.4, -0.2) is 36.5 Å². The lowest BCUT2D eigenvalue weighted by Gasteiger charge is -2.27. The van der Waals surface area contributed by atoms with Gasteiger partial charge in [0.25, 0.3) is 0 Å². The van der Waals surface area contributed by atoms with E-state index in [1.54, 1.807) is 0 Å². The minimum atomic E-state index is 0.282. The van der Waals surface area contributed by atoms with E-state index in [1.165, 1.54) is 18.4 Å². The molecule has 1 aliphatic carbocycles. The van der Waals surface area contributed by atoms with Crippen LogP contribution in [0.3, 0.4) is 0 Å². The Bertz CT molecular complexity index is 323. The molecule has 2 fully saturated rings. The Kier molecular flexibility index (Phi) is 3.87. The van der Waals surface area contributed by atoms with Gasteiger partial charge < -0.3 is 10.2 Å². The zero-order valence-corrected chi connectivity index (χ0v) is 11.3. The fourth-order valence-corrected chi connectivity index (χ4v) is 2.12. The molecule has 2 rings (SSSR count). The number of carbonyl (C=O) groups excluding carboxylic acids is 1. The topological polar surface area (TPSA) is 32.3 Å². The quantitative estimate of drug-likeness (QED) is 0.740. The fraction of sp³-hybridized carbons (Fsp3) is 0.786. The fourth-order valence-electron chi connectivity index (χ4n) is 2.12. The van der Waals surface area contributed by atoms with Gasteiger partial charge in [-0.25, -0.2) is 0 Å². The molecule has 0 aromatic carbocycles. The average Bonchev–Trinajstić information content (AvgIpc) is 2.98. The maximum absolute atomic E-state index is 12.4. The number of carbonyl (C=O) groups is 1. The molecule has 1 saturated carbocycles. The molecule has 3 heteroatoms. The highest BCUT2D eigenvalue weighted by molar-refractivity contribution is 5.94. The Morgan fingerprint density at radius 1 is 1.41 bits per heavy atom. The first kappa shape index (κ1) is 12.6. The third-order valence-electron chi connectivity index (χ3n) is 3.72. The summed E-state index contributed by atoms with van der Waals surface area (Å²) in [5, 5.41) is 3.20. The van der Waals surface area contributed by atoms with E-state index in [4.69, 9.17) is 0 Å². The summed E-state index contributed by atoms with van der Waals surface area (Å²) in [7, 11) is 0. The van der Waals surface area contributed by atoms with Crippen LogP contribution in [0.25, 0.3) is 0 Å². The summed E-state index contributed by atoms with van der Waals surface area (Å²) in [5.41, 5.74) is 2.28. The Labute approximate surface area is 104 Å². The summed E-state index contributed by atoms with van der Waals surface area (Å²) in [4.78, 5) is 14.5. The molecule has 0 bridgehead atoms. The molecule has 0 aromatic rings. The van der Waals surface area contributed by atoms with Crippen molar-refractivity contribution >= 4 is 5.91 Å². The van der Waals surface area contributed by atoms with Crippen LogP contribution in [0.15, 0.2) is 11.1 Å². The number of nitrogens with zero attached hydrogens (tertiary/aromatic N) is 1. The number of hydrogen-bond donors (Lipinski definition) is 1. The van der Waals surface area contributed by atoms with Crippen LogP contribution in [0.2, 0.25) is 0 Å². The van der Waals surface area contributed by atoms with Gasteiger partial charge in [-0.15, -0.1) is 0 Å².